The number of hydrogen-bond acceptors (Lipinski definition) is 4. The van der Waals surface area contributed by atoms with Gasteiger partial charge in [-0.2, -0.15) is 5.26 Å². The van der Waals surface area contributed by atoms with Gasteiger partial charge in [0.15, 0.2) is 0 Å². The first-order chi connectivity index (χ1) is 13.1. The molecule has 7 nitrogen and oxygen atoms in total. The summed E-state index contributed by atoms with van der Waals surface area (Å²) in [5.74, 6) is -1.10. The maximum absolute atomic E-state index is 12.7. The number of carbonyl (C=O) groups excluding carboxylic acids is 3. The van der Waals surface area contributed by atoms with Gasteiger partial charge in [-0.15, -0.1) is 0 Å². The second-order valence-corrected chi connectivity index (χ2v) is 8.47. The summed E-state index contributed by atoms with van der Waals surface area (Å²) in [4.78, 5) is 40.2. The van der Waals surface area contributed by atoms with E-state index in [4.69, 9.17) is 0 Å². The van der Waals surface area contributed by atoms with Gasteiger partial charge in [0.2, 0.25) is 17.7 Å². The molecule has 1 heterocycles. The molecule has 0 radical (unpaired) electrons. The SMILES string of the molecule is CN(CC(=O)N1CC(C(=O)Nc2ccccc2)CC1C#N)C(=O)CC(C)(C)C. The number of amides is 3. The molecule has 1 aromatic carbocycles. The Kier molecular flexibility index (Phi) is 6.79. The predicted molar refractivity (Wildman–Crippen MR) is 106 cm³/mol. The third-order valence-corrected chi connectivity index (χ3v) is 4.66. The Bertz CT molecular complexity index is 764. The van der Waals surface area contributed by atoms with E-state index < -0.39 is 12.0 Å². The molecule has 0 aromatic heterocycles. The molecule has 150 valence electrons. The summed E-state index contributed by atoms with van der Waals surface area (Å²) in [7, 11) is 1.59. The van der Waals surface area contributed by atoms with Crippen LogP contribution in [0.5, 0.6) is 0 Å². The number of carbonyl (C=O) groups is 3. The summed E-state index contributed by atoms with van der Waals surface area (Å²) in [6.07, 6.45) is 0.626. The molecule has 28 heavy (non-hydrogen) atoms. The lowest BCUT2D eigenvalue weighted by Gasteiger charge is -2.26. The van der Waals surface area contributed by atoms with Crippen LogP contribution in [0.15, 0.2) is 30.3 Å². The molecule has 1 aliphatic heterocycles. The van der Waals surface area contributed by atoms with Crippen LogP contribution >= 0.6 is 0 Å². The molecule has 1 fully saturated rings. The highest BCUT2D eigenvalue weighted by Gasteiger charge is 2.39. The van der Waals surface area contributed by atoms with Gasteiger partial charge in [-0.05, 0) is 24.0 Å². The smallest absolute Gasteiger partial charge is 0.243 e. The minimum absolute atomic E-state index is 0.0971. The van der Waals surface area contributed by atoms with Gasteiger partial charge in [0.1, 0.15) is 6.04 Å². The number of anilines is 1. The Labute approximate surface area is 166 Å². The van der Waals surface area contributed by atoms with Gasteiger partial charge in [-0.3, -0.25) is 14.4 Å². The zero-order chi connectivity index (χ0) is 20.9. The van der Waals surface area contributed by atoms with E-state index in [-0.39, 0.29) is 36.2 Å². The first kappa shape index (κ1) is 21.4. The van der Waals surface area contributed by atoms with E-state index in [1.54, 1.807) is 19.2 Å². The highest BCUT2D eigenvalue weighted by molar-refractivity contribution is 5.94. The fourth-order valence-corrected chi connectivity index (χ4v) is 3.16. The van der Waals surface area contributed by atoms with Crippen molar-refractivity contribution in [3.05, 3.63) is 30.3 Å². The van der Waals surface area contributed by atoms with Gasteiger partial charge in [0.05, 0.1) is 18.5 Å². The lowest BCUT2D eigenvalue weighted by Crippen LogP contribution is -2.44. The number of benzene rings is 1. The second kappa shape index (κ2) is 8.87. The first-order valence-electron chi connectivity index (χ1n) is 9.39. The fraction of sp³-hybridized carbons (Fsp3) is 0.524. The van der Waals surface area contributed by atoms with Crippen molar-refractivity contribution in [1.29, 1.82) is 5.26 Å². The summed E-state index contributed by atoms with van der Waals surface area (Å²) >= 11 is 0. The average molecular weight is 384 g/mol. The van der Waals surface area contributed by atoms with Crippen molar-refractivity contribution < 1.29 is 14.4 Å². The second-order valence-electron chi connectivity index (χ2n) is 8.47. The summed E-state index contributed by atoms with van der Waals surface area (Å²) in [6.45, 7) is 5.96. The fourth-order valence-electron chi connectivity index (χ4n) is 3.16. The molecule has 0 saturated carbocycles. The summed E-state index contributed by atoms with van der Waals surface area (Å²) in [5.41, 5.74) is 0.510. The van der Waals surface area contributed by atoms with Crippen LogP contribution in [0, 0.1) is 22.7 Å². The maximum atomic E-state index is 12.7. The number of hydrogen-bond donors (Lipinski definition) is 1. The molecule has 1 saturated heterocycles. The Morgan fingerprint density at radius 1 is 1.25 bits per heavy atom. The average Bonchev–Trinajstić information content (AvgIpc) is 3.05. The molecule has 1 aromatic rings. The van der Waals surface area contributed by atoms with Crippen molar-refractivity contribution in [2.75, 3.05) is 25.5 Å². The molecule has 1 N–H and O–H groups in total. The minimum Gasteiger partial charge on any atom is -0.336 e. The van der Waals surface area contributed by atoms with Crippen molar-refractivity contribution in [2.45, 2.75) is 39.7 Å². The number of para-hydroxylation sites is 1. The van der Waals surface area contributed by atoms with E-state index >= 15 is 0 Å². The summed E-state index contributed by atoms with van der Waals surface area (Å²) in [6, 6.07) is 10.5. The highest BCUT2D eigenvalue weighted by atomic mass is 16.2. The van der Waals surface area contributed by atoms with Crippen molar-refractivity contribution in [3.8, 4) is 6.07 Å². The molecule has 0 spiro atoms. The lowest BCUT2D eigenvalue weighted by molar-refractivity contribution is -0.140. The Balaban J connectivity index is 1.97. The van der Waals surface area contributed by atoms with E-state index in [0.717, 1.165) is 0 Å². The minimum atomic E-state index is -0.662. The standard InChI is InChI=1S/C21H28N4O3/c1-21(2,3)11-18(26)24(4)14-19(27)25-13-15(10-17(25)12-22)20(28)23-16-8-6-5-7-9-16/h5-9,15,17H,10-11,13-14H2,1-4H3,(H,23,28). The maximum Gasteiger partial charge on any atom is 0.243 e. The zero-order valence-corrected chi connectivity index (χ0v) is 16.9. The number of likely N-dealkylation sites (tertiary alicyclic amines) is 1. The Morgan fingerprint density at radius 2 is 1.89 bits per heavy atom. The number of nitrogens with one attached hydrogen (secondary N) is 1. The van der Waals surface area contributed by atoms with Crippen molar-refractivity contribution in [3.63, 3.8) is 0 Å². The van der Waals surface area contributed by atoms with Crippen LogP contribution in [-0.4, -0.2) is 53.7 Å². The molecule has 0 bridgehead atoms. The predicted octanol–water partition coefficient (Wildman–Crippen LogP) is 2.26. The molecule has 1 aliphatic rings. The molecule has 2 atom stereocenters. The number of rotatable bonds is 5. The molecule has 0 aliphatic carbocycles. The van der Waals surface area contributed by atoms with Crippen molar-refractivity contribution >= 4 is 23.4 Å². The van der Waals surface area contributed by atoms with Gasteiger partial charge in [0, 0.05) is 25.7 Å². The summed E-state index contributed by atoms with van der Waals surface area (Å²) < 4.78 is 0. The first-order valence-corrected chi connectivity index (χ1v) is 9.39. The van der Waals surface area contributed by atoms with Crippen LogP contribution in [0.1, 0.15) is 33.6 Å². The van der Waals surface area contributed by atoms with Gasteiger partial charge in [-0.1, -0.05) is 39.0 Å². The van der Waals surface area contributed by atoms with E-state index in [2.05, 4.69) is 11.4 Å². The van der Waals surface area contributed by atoms with Crippen molar-refractivity contribution in [2.24, 2.45) is 11.3 Å². The molecule has 7 heteroatoms. The van der Waals surface area contributed by atoms with Gasteiger partial charge < -0.3 is 15.1 Å². The molecular formula is C21H28N4O3. The number of nitriles is 1. The van der Waals surface area contributed by atoms with Gasteiger partial charge in [-0.25, -0.2) is 0 Å². The van der Waals surface area contributed by atoms with Gasteiger partial charge >= 0.3 is 0 Å². The number of likely N-dealkylation sites (N-methyl/N-ethyl adjacent to an activating group) is 1. The largest absolute Gasteiger partial charge is 0.336 e. The van der Waals surface area contributed by atoms with Crippen LogP contribution in [0.2, 0.25) is 0 Å². The van der Waals surface area contributed by atoms with Crippen LogP contribution < -0.4 is 5.32 Å². The monoisotopic (exact) mass is 384 g/mol. The van der Waals surface area contributed by atoms with Crippen LogP contribution in [0.4, 0.5) is 5.69 Å². The lowest BCUT2D eigenvalue weighted by atomic mass is 9.92. The zero-order valence-electron chi connectivity index (χ0n) is 16.9. The molecular weight excluding hydrogens is 356 g/mol. The van der Waals surface area contributed by atoms with Crippen molar-refractivity contribution in [1.82, 2.24) is 9.80 Å². The third kappa shape index (κ3) is 5.81. The van der Waals surface area contributed by atoms with E-state index in [9.17, 15) is 19.6 Å². The van der Waals surface area contributed by atoms with E-state index in [1.807, 2.05) is 39.0 Å². The van der Waals surface area contributed by atoms with Crippen LogP contribution in [0.3, 0.4) is 0 Å². The van der Waals surface area contributed by atoms with Gasteiger partial charge in [0.25, 0.3) is 0 Å². The Morgan fingerprint density at radius 3 is 2.46 bits per heavy atom. The highest BCUT2D eigenvalue weighted by Crippen LogP contribution is 2.25. The normalized spacial score (nSPS) is 19.0. The van der Waals surface area contributed by atoms with Crippen LogP contribution in [-0.2, 0) is 14.4 Å². The quantitative estimate of drug-likeness (QED) is 0.843. The van der Waals surface area contributed by atoms with Crippen LogP contribution in [0.25, 0.3) is 0 Å². The number of nitrogens with zero attached hydrogens (tertiary/aromatic N) is 3. The molecule has 2 unspecified atom stereocenters. The van der Waals surface area contributed by atoms with E-state index in [1.165, 1.54) is 9.80 Å². The third-order valence-electron chi connectivity index (χ3n) is 4.66. The Hall–Kier alpha value is -2.88. The molecule has 2 rings (SSSR count). The summed E-state index contributed by atoms with van der Waals surface area (Å²) in [5, 5.41) is 12.2. The topological polar surface area (TPSA) is 93.5 Å². The van der Waals surface area contributed by atoms with E-state index in [0.29, 0.717) is 18.5 Å². The molecule has 3 amide bonds.